The van der Waals surface area contributed by atoms with Gasteiger partial charge in [0, 0.05) is 21.3 Å². The largest absolute Gasteiger partial charge is 0.490 e. The Hall–Kier alpha value is -1.29. The molecule has 1 aromatic heterocycles. The van der Waals surface area contributed by atoms with Crippen LogP contribution in [0, 0.1) is 6.92 Å². The number of aliphatic hydroxyl groups is 1. The van der Waals surface area contributed by atoms with E-state index in [0.29, 0.717) is 11.4 Å². The first-order valence-corrected chi connectivity index (χ1v) is 6.31. The number of hydrogen-bond donors (Lipinski definition) is 3. The van der Waals surface area contributed by atoms with E-state index >= 15 is 0 Å². The normalized spacial score (nSPS) is 13.2. The lowest BCUT2D eigenvalue weighted by molar-refractivity contribution is -0.374. The van der Waals surface area contributed by atoms with Gasteiger partial charge in [-0.15, -0.1) is 0 Å². The Labute approximate surface area is 123 Å². The van der Waals surface area contributed by atoms with Crippen LogP contribution < -0.4 is 10.2 Å². The fourth-order valence-electron chi connectivity index (χ4n) is 1.90. The van der Waals surface area contributed by atoms with Crippen LogP contribution in [-0.4, -0.2) is 55.2 Å². The van der Waals surface area contributed by atoms with Crippen molar-refractivity contribution in [3.63, 3.8) is 0 Å². The first-order chi connectivity index (χ1) is 10.1. The predicted molar refractivity (Wildman–Crippen MR) is 72.9 cm³/mol. The summed E-state index contributed by atoms with van der Waals surface area (Å²) in [5, 5.41) is 18.3. The number of methoxy groups -OCH3 is 3. The molecule has 8 heteroatoms. The van der Waals surface area contributed by atoms with Crippen LogP contribution in [0.2, 0.25) is 0 Å². The van der Waals surface area contributed by atoms with Gasteiger partial charge in [-0.3, -0.25) is 4.98 Å². The zero-order chi connectivity index (χ0) is 15.9. The fourth-order valence-corrected chi connectivity index (χ4v) is 1.90. The minimum atomic E-state index is -1.48. The van der Waals surface area contributed by atoms with Gasteiger partial charge in [0.2, 0.25) is 0 Å². The van der Waals surface area contributed by atoms with Gasteiger partial charge in [-0.1, -0.05) is 0 Å². The Morgan fingerprint density at radius 2 is 1.90 bits per heavy atom. The van der Waals surface area contributed by atoms with Gasteiger partial charge in [0.15, 0.2) is 0 Å². The van der Waals surface area contributed by atoms with Crippen LogP contribution in [0.5, 0.6) is 5.75 Å². The van der Waals surface area contributed by atoms with Crippen LogP contribution in [-0.2, 0) is 20.8 Å². The maximum atomic E-state index is 9.25. The molecule has 1 heterocycles. The van der Waals surface area contributed by atoms with E-state index in [9.17, 15) is 5.21 Å². The summed E-state index contributed by atoms with van der Waals surface area (Å²) >= 11 is 0. The zero-order valence-electron chi connectivity index (χ0n) is 12.6. The number of ether oxygens (including phenoxy) is 4. The van der Waals surface area contributed by atoms with Crippen molar-refractivity contribution in [1.82, 2.24) is 10.5 Å². The van der Waals surface area contributed by atoms with Crippen molar-refractivity contribution in [3.8, 4) is 5.75 Å². The molecule has 0 saturated heterocycles. The molecular formula is C13H22N2O6. The summed E-state index contributed by atoms with van der Waals surface area (Å²) in [6, 6.07) is 0.941. The number of nitrogens with one attached hydrogen (secondary N) is 1. The maximum absolute atomic E-state index is 9.25. The van der Waals surface area contributed by atoms with Crippen LogP contribution in [0.4, 0.5) is 0 Å². The van der Waals surface area contributed by atoms with E-state index < -0.39 is 12.0 Å². The molecule has 120 valence electrons. The van der Waals surface area contributed by atoms with Crippen LogP contribution in [0.1, 0.15) is 11.3 Å². The summed E-state index contributed by atoms with van der Waals surface area (Å²) in [4.78, 5) is 4.07. The first-order valence-electron chi connectivity index (χ1n) is 6.31. The maximum Gasteiger partial charge on any atom is 0.304 e. The molecule has 1 atom stereocenters. The topological polar surface area (TPSA) is 102 Å². The lowest BCUT2D eigenvalue weighted by Gasteiger charge is -2.34. The summed E-state index contributed by atoms with van der Waals surface area (Å²) in [6.45, 7) is 1.69. The summed E-state index contributed by atoms with van der Waals surface area (Å²) in [5.74, 6) is -0.996. The molecule has 0 spiro atoms. The monoisotopic (exact) mass is 302 g/mol. The van der Waals surface area contributed by atoms with E-state index in [4.69, 9.17) is 24.1 Å². The highest BCUT2D eigenvalue weighted by Crippen LogP contribution is 2.20. The van der Waals surface area contributed by atoms with Crippen LogP contribution >= 0.6 is 0 Å². The lowest BCUT2D eigenvalue weighted by Crippen LogP contribution is -2.56. The van der Waals surface area contributed by atoms with Crippen molar-refractivity contribution in [2.24, 2.45) is 0 Å². The molecule has 0 fully saturated rings. The highest BCUT2D eigenvalue weighted by Gasteiger charge is 2.41. The van der Waals surface area contributed by atoms with E-state index in [2.05, 4.69) is 4.98 Å². The van der Waals surface area contributed by atoms with E-state index in [1.807, 2.05) is 12.4 Å². The third-order valence-electron chi connectivity index (χ3n) is 3.16. The number of nitrogens with zero attached hydrogens (tertiary/aromatic N) is 1. The van der Waals surface area contributed by atoms with E-state index in [0.717, 1.165) is 5.56 Å². The Bertz CT molecular complexity index is 430. The SMILES string of the molecule is COC(OC)(OC)C(COc1cnc(CO)c(C)c1)NO. The van der Waals surface area contributed by atoms with Gasteiger partial charge in [0.05, 0.1) is 18.5 Å². The van der Waals surface area contributed by atoms with Crippen molar-refractivity contribution >= 4 is 0 Å². The second kappa shape index (κ2) is 8.23. The van der Waals surface area contributed by atoms with Crippen molar-refractivity contribution in [2.45, 2.75) is 25.5 Å². The number of pyridine rings is 1. The molecule has 0 aliphatic rings. The van der Waals surface area contributed by atoms with E-state index in [1.54, 1.807) is 6.07 Å². The molecule has 0 aliphatic heterocycles. The summed E-state index contributed by atoms with van der Waals surface area (Å²) < 4.78 is 21.0. The molecule has 0 amide bonds. The second-order valence-corrected chi connectivity index (χ2v) is 4.30. The van der Waals surface area contributed by atoms with Gasteiger partial charge in [-0.25, -0.2) is 0 Å². The lowest BCUT2D eigenvalue weighted by atomic mass is 10.2. The van der Waals surface area contributed by atoms with Crippen molar-refractivity contribution in [2.75, 3.05) is 27.9 Å². The summed E-state index contributed by atoms with van der Waals surface area (Å²) in [7, 11) is 4.16. The number of hydrogen-bond acceptors (Lipinski definition) is 8. The Morgan fingerprint density at radius 3 is 2.33 bits per heavy atom. The second-order valence-electron chi connectivity index (χ2n) is 4.30. The first kappa shape index (κ1) is 17.8. The van der Waals surface area contributed by atoms with Crippen molar-refractivity contribution < 1.29 is 29.3 Å². The molecule has 1 aromatic rings. The molecule has 0 bridgehead atoms. The molecule has 3 N–H and O–H groups in total. The van der Waals surface area contributed by atoms with Crippen molar-refractivity contribution in [3.05, 3.63) is 23.5 Å². The fraction of sp³-hybridized carbons (Fsp3) is 0.615. The third-order valence-corrected chi connectivity index (χ3v) is 3.16. The van der Waals surface area contributed by atoms with Gasteiger partial charge in [-0.05, 0) is 18.6 Å². The third kappa shape index (κ3) is 4.10. The molecule has 1 unspecified atom stereocenters. The number of hydroxylamine groups is 1. The molecule has 8 nitrogen and oxygen atoms in total. The van der Waals surface area contributed by atoms with Crippen molar-refractivity contribution in [1.29, 1.82) is 0 Å². The molecule has 0 aliphatic carbocycles. The Balaban J connectivity index is 2.77. The van der Waals surface area contributed by atoms with Crippen LogP contribution in [0.3, 0.4) is 0 Å². The molecule has 1 rings (SSSR count). The van der Waals surface area contributed by atoms with Gasteiger partial charge in [0.1, 0.15) is 18.4 Å². The highest BCUT2D eigenvalue weighted by molar-refractivity contribution is 5.27. The van der Waals surface area contributed by atoms with E-state index in [1.165, 1.54) is 27.5 Å². The standard InChI is InChI=1S/C13H22N2O6/c1-9-5-10(6-14-11(9)7-16)21-8-12(15-17)13(18-2,19-3)20-4/h5-6,12,15-17H,7-8H2,1-4H3. The predicted octanol–water partition coefficient (Wildman–Crippen LogP) is 0.202. The number of rotatable bonds is 9. The Morgan fingerprint density at radius 1 is 1.29 bits per heavy atom. The van der Waals surface area contributed by atoms with E-state index in [-0.39, 0.29) is 13.2 Å². The number of aromatic nitrogens is 1. The van der Waals surface area contributed by atoms with Crippen LogP contribution in [0.15, 0.2) is 12.3 Å². The van der Waals surface area contributed by atoms with Crippen LogP contribution in [0.25, 0.3) is 0 Å². The minimum Gasteiger partial charge on any atom is -0.490 e. The average Bonchev–Trinajstić information content (AvgIpc) is 2.52. The zero-order valence-corrected chi connectivity index (χ0v) is 12.6. The average molecular weight is 302 g/mol. The van der Waals surface area contributed by atoms with Gasteiger partial charge >= 0.3 is 5.97 Å². The molecule has 0 radical (unpaired) electrons. The number of aliphatic hydroxyl groups excluding tert-OH is 1. The smallest absolute Gasteiger partial charge is 0.304 e. The number of aryl methyl sites for hydroxylation is 1. The summed E-state index contributed by atoms with van der Waals surface area (Å²) in [5.41, 5.74) is 3.43. The molecule has 21 heavy (non-hydrogen) atoms. The van der Waals surface area contributed by atoms with Gasteiger partial charge in [0.25, 0.3) is 0 Å². The minimum absolute atomic E-state index is 0.00557. The Kier molecular flexibility index (Phi) is 6.96. The molecule has 0 aromatic carbocycles. The molecule has 0 saturated carbocycles. The van der Waals surface area contributed by atoms with Gasteiger partial charge < -0.3 is 29.3 Å². The highest BCUT2D eigenvalue weighted by atomic mass is 16.9. The summed E-state index contributed by atoms with van der Waals surface area (Å²) in [6.07, 6.45) is 1.49. The molecular weight excluding hydrogens is 280 g/mol. The quantitative estimate of drug-likeness (QED) is 0.439. The van der Waals surface area contributed by atoms with Gasteiger partial charge in [-0.2, -0.15) is 5.48 Å².